The molecule has 15 heavy (non-hydrogen) atoms. The quantitative estimate of drug-likeness (QED) is 0.799. The van der Waals surface area contributed by atoms with Gasteiger partial charge in [0.15, 0.2) is 0 Å². The van der Waals surface area contributed by atoms with Gasteiger partial charge < -0.3 is 10.1 Å². The van der Waals surface area contributed by atoms with Crippen LogP contribution < -0.4 is 10.1 Å². The Bertz CT molecular complexity index is 362. The zero-order valence-corrected chi connectivity index (χ0v) is 9.13. The Hall–Kier alpha value is -1.06. The third-order valence-corrected chi connectivity index (χ3v) is 2.69. The zero-order chi connectivity index (χ0) is 10.7. The lowest BCUT2D eigenvalue weighted by atomic mass is 10.2. The van der Waals surface area contributed by atoms with Crippen molar-refractivity contribution in [3.63, 3.8) is 0 Å². The highest BCUT2D eigenvalue weighted by Gasteiger charge is 2.16. The topological polar surface area (TPSA) is 34.1 Å². The second kappa shape index (κ2) is 4.64. The molecule has 1 aromatic rings. The number of aromatic nitrogens is 1. The third-order valence-electron chi connectivity index (χ3n) is 2.38. The molecule has 0 saturated carbocycles. The largest absolute Gasteiger partial charge is 0.487 e. The molecular weight excluding hydrogens is 212 g/mol. The average Bonchev–Trinajstić information content (AvgIpc) is 2.73. The predicted molar refractivity (Wildman–Crippen MR) is 61.2 cm³/mol. The number of ether oxygens (including phenoxy) is 1. The van der Waals surface area contributed by atoms with E-state index < -0.39 is 0 Å². The molecule has 0 spiro atoms. The molecule has 0 radical (unpaired) electrons. The number of hydrogen-bond donors (Lipinski definition) is 1. The molecule has 0 unspecified atom stereocenters. The third kappa shape index (κ3) is 2.49. The van der Waals surface area contributed by atoms with E-state index in [2.05, 4.69) is 16.9 Å². The average molecular weight is 225 g/mol. The lowest BCUT2D eigenvalue weighted by Crippen LogP contribution is -2.19. The first-order valence-electron chi connectivity index (χ1n) is 4.95. The standard InChI is InChI=1S/C11H13ClN2O/c1-2-8-5-10(7-14-11(8)12)15-9-3-4-13-6-9/h2,5,7,9,13H,1,3-4,6H2/t9-/m1/s1. The van der Waals surface area contributed by atoms with Crippen molar-refractivity contribution in [2.45, 2.75) is 12.5 Å². The maximum Gasteiger partial charge on any atom is 0.138 e. The highest BCUT2D eigenvalue weighted by Crippen LogP contribution is 2.21. The molecule has 1 atom stereocenters. The van der Waals surface area contributed by atoms with Crippen molar-refractivity contribution >= 4 is 17.7 Å². The van der Waals surface area contributed by atoms with Crippen molar-refractivity contribution in [2.75, 3.05) is 13.1 Å². The summed E-state index contributed by atoms with van der Waals surface area (Å²) in [5, 5.41) is 3.70. The Morgan fingerprint density at radius 2 is 2.53 bits per heavy atom. The Morgan fingerprint density at radius 3 is 3.20 bits per heavy atom. The van der Waals surface area contributed by atoms with E-state index >= 15 is 0 Å². The second-order valence-corrected chi connectivity index (χ2v) is 3.85. The van der Waals surface area contributed by atoms with E-state index in [1.807, 2.05) is 6.07 Å². The molecule has 3 nitrogen and oxygen atoms in total. The van der Waals surface area contributed by atoms with Gasteiger partial charge in [0, 0.05) is 12.1 Å². The normalized spacial score (nSPS) is 20.2. The summed E-state index contributed by atoms with van der Waals surface area (Å²) in [5.74, 6) is 0.753. The van der Waals surface area contributed by atoms with Crippen LogP contribution in [-0.2, 0) is 0 Å². The van der Waals surface area contributed by atoms with E-state index in [0.717, 1.165) is 30.8 Å². The molecule has 1 aromatic heterocycles. The van der Waals surface area contributed by atoms with Crippen LogP contribution in [0.3, 0.4) is 0 Å². The maximum absolute atomic E-state index is 5.86. The molecule has 2 heterocycles. The van der Waals surface area contributed by atoms with Crippen molar-refractivity contribution < 1.29 is 4.74 Å². The Kier molecular flexibility index (Phi) is 3.23. The Morgan fingerprint density at radius 1 is 1.67 bits per heavy atom. The van der Waals surface area contributed by atoms with Crippen LogP contribution in [-0.4, -0.2) is 24.2 Å². The molecule has 0 aromatic carbocycles. The summed E-state index contributed by atoms with van der Waals surface area (Å²) in [6.07, 6.45) is 4.60. The number of halogens is 1. The molecule has 0 amide bonds. The fourth-order valence-electron chi connectivity index (χ4n) is 1.57. The number of pyridine rings is 1. The van der Waals surface area contributed by atoms with Crippen LogP contribution in [0.1, 0.15) is 12.0 Å². The molecule has 1 aliphatic heterocycles. The molecule has 2 rings (SSSR count). The molecular formula is C11H13ClN2O. The number of hydrogen-bond acceptors (Lipinski definition) is 3. The van der Waals surface area contributed by atoms with Crippen molar-refractivity contribution in [2.24, 2.45) is 0 Å². The van der Waals surface area contributed by atoms with Gasteiger partial charge in [0.25, 0.3) is 0 Å². The van der Waals surface area contributed by atoms with Gasteiger partial charge in [-0.2, -0.15) is 0 Å². The van der Waals surface area contributed by atoms with Crippen LogP contribution in [0.2, 0.25) is 5.15 Å². The van der Waals surface area contributed by atoms with Gasteiger partial charge >= 0.3 is 0 Å². The van der Waals surface area contributed by atoms with Gasteiger partial charge in [-0.25, -0.2) is 4.98 Å². The number of rotatable bonds is 3. The summed E-state index contributed by atoms with van der Waals surface area (Å²) in [6, 6.07) is 1.86. The second-order valence-electron chi connectivity index (χ2n) is 3.49. The molecule has 1 fully saturated rings. The van der Waals surface area contributed by atoms with Gasteiger partial charge in [-0.15, -0.1) is 0 Å². The lowest BCUT2D eigenvalue weighted by Gasteiger charge is -2.12. The first kappa shape index (κ1) is 10.5. The van der Waals surface area contributed by atoms with E-state index in [4.69, 9.17) is 16.3 Å². The first-order chi connectivity index (χ1) is 7.29. The van der Waals surface area contributed by atoms with E-state index in [9.17, 15) is 0 Å². The highest BCUT2D eigenvalue weighted by atomic mass is 35.5. The predicted octanol–water partition coefficient (Wildman–Crippen LogP) is 2.12. The van der Waals surface area contributed by atoms with E-state index in [-0.39, 0.29) is 6.10 Å². The molecule has 0 bridgehead atoms. The SMILES string of the molecule is C=Cc1cc(O[C@@H]2CCNC2)cnc1Cl. The van der Waals surface area contributed by atoms with Gasteiger partial charge in [0.2, 0.25) is 0 Å². The monoisotopic (exact) mass is 224 g/mol. The summed E-state index contributed by atoms with van der Waals surface area (Å²) in [6.45, 7) is 5.58. The molecule has 1 saturated heterocycles. The smallest absolute Gasteiger partial charge is 0.138 e. The van der Waals surface area contributed by atoms with Crippen LogP contribution in [0.5, 0.6) is 5.75 Å². The van der Waals surface area contributed by atoms with Crippen molar-refractivity contribution in [1.29, 1.82) is 0 Å². The van der Waals surface area contributed by atoms with Crippen LogP contribution in [0.25, 0.3) is 6.08 Å². The van der Waals surface area contributed by atoms with E-state index in [1.165, 1.54) is 0 Å². The molecule has 1 N–H and O–H groups in total. The van der Waals surface area contributed by atoms with Crippen LogP contribution in [0, 0.1) is 0 Å². The summed E-state index contributed by atoms with van der Waals surface area (Å²) < 4.78 is 5.74. The zero-order valence-electron chi connectivity index (χ0n) is 8.37. The van der Waals surface area contributed by atoms with Gasteiger partial charge in [0.05, 0.1) is 6.20 Å². The van der Waals surface area contributed by atoms with E-state index in [0.29, 0.717) is 5.15 Å². The summed E-state index contributed by atoms with van der Waals surface area (Å²) in [5.41, 5.74) is 0.806. The van der Waals surface area contributed by atoms with Crippen LogP contribution >= 0.6 is 11.6 Å². The van der Waals surface area contributed by atoms with Gasteiger partial charge in [0.1, 0.15) is 17.0 Å². The molecule has 1 aliphatic rings. The van der Waals surface area contributed by atoms with E-state index in [1.54, 1.807) is 12.3 Å². The van der Waals surface area contributed by atoms with Gasteiger partial charge in [-0.1, -0.05) is 24.3 Å². The molecule has 4 heteroatoms. The summed E-state index contributed by atoms with van der Waals surface area (Å²) in [4.78, 5) is 4.04. The summed E-state index contributed by atoms with van der Waals surface area (Å²) >= 11 is 5.86. The highest BCUT2D eigenvalue weighted by molar-refractivity contribution is 6.30. The summed E-state index contributed by atoms with van der Waals surface area (Å²) in [7, 11) is 0. The fraction of sp³-hybridized carbons (Fsp3) is 0.364. The van der Waals surface area contributed by atoms with Crippen molar-refractivity contribution in [3.8, 4) is 5.75 Å². The molecule has 80 valence electrons. The van der Waals surface area contributed by atoms with Gasteiger partial charge in [-0.05, 0) is 19.0 Å². The van der Waals surface area contributed by atoms with Crippen molar-refractivity contribution in [3.05, 3.63) is 29.6 Å². The minimum absolute atomic E-state index is 0.241. The first-order valence-corrected chi connectivity index (χ1v) is 5.33. The fourth-order valence-corrected chi connectivity index (χ4v) is 1.75. The van der Waals surface area contributed by atoms with Crippen LogP contribution in [0.15, 0.2) is 18.8 Å². The minimum Gasteiger partial charge on any atom is -0.487 e. The number of nitrogens with zero attached hydrogens (tertiary/aromatic N) is 1. The number of nitrogens with one attached hydrogen (secondary N) is 1. The minimum atomic E-state index is 0.241. The van der Waals surface area contributed by atoms with Crippen molar-refractivity contribution in [1.82, 2.24) is 10.3 Å². The Balaban J connectivity index is 2.10. The Labute approximate surface area is 94.1 Å². The van der Waals surface area contributed by atoms with Gasteiger partial charge in [-0.3, -0.25) is 0 Å². The lowest BCUT2D eigenvalue weighted by molar-refractivity contribution is 0.222. The maximum atomic E-state index is 5.86. The van der Waals surface area contributed by atoms with Crippen LogP contribution in [0.4, 0.5) is 0 Å². The molecule has 0 aliphatic carbocycles.